The standard InChI is InChI=1S/C21H31NO3/c1-5-8-9-10-12-18-15-17(11-6-2)19(7-3)22(18)20(23)14-13-16(4)21(24)25/h6-7,11,15-16H,2,5,8-10,12-14H2,1,3-4H3,(H,24,25). The summed E-state index contributed by atoms with van der Waals surface area (Å²) in [6, 6.07) is 2.06. The summed E-state index contributed by atoms with van der Waals surface area (Å²) in [6.07, 6.45) is 11.6. The zero-order valence-corrected chi connectivity index (χ0v) is 15.8. The number of aromatic nitrogens is 1. The molecule has 0 aliphatic rings. The lowest BCUT2D eigenvalue weighted by atomic mass is 10.1. The van der Waals surface area contributed by atoms with Gasteiger partial charge in [0, 0.05) is 12.1 Å². The van der Waals surface area contributed by atoms with Gasteiger partial charge in [-0.25, -0.2) is 0 Å². The lowest BCUT2D eigenvalue weighted by molar-refractivity contribution is -0.141. The molecular formula is C21H31NO3. The van der Waals surface area contributed by atoms with Crippen LogP contribution in [0, 0.1) is 5.92 Å². The summed E-state index contributed by atoms with van der Waals surface area (Å²) >= 11 is 0. The molecule has 0 spiro atoms. The van der Waals surface area contributed by atoms with Crippen LogP contribution in [0.1, 0.15) is 69.8 Å². The first kappa shape index (κ1) is 20.9. The summed E-state index contributed by atoms with van der Waals surface area (Å²) in [7, 11) is 0. The van der Waals surface area contributed by atoms with Gasteiger partial charge in [-0.3, -0.25) is 14.2 Å². The molecule has 0 saturated carbocycles. The number of carboxylic acid groups (broad SMARTS) is 1. The third-order valence-electron chi connectivity index (χ3n) is 4.47. The fourth-order valence-corrected chi connectivity index (χ4v) is 2.94. The maximum atomic E-state index is 12.8. The van der Waals surface area contributed by atoms with Crippen molar-refractivity contribution in [3.8, 4) is 0 Å². The van der Waals surface area contributed by atoms with Gasteiger partial charge in [-0.1, -0.05) is 57.9 Å². The molecule has 0 aliphatic carbocycles. The number of carboxylic acids is 1. The van der Waals surface area contributed by atoms with Crippen LogP contribution in [0.4, 0.5) is 0 Å². The van der Waals surface area contributed by atoms with E-state index in [1.165, 1.54) is 12.8 Å². The molecule has 4 nitrogen and oxygen atoms in total. The minimum Gasteiger partial charge on any atom is -0.481 e. The van der Waals surface area contributed by atoms with Gasteiger partial charge in [-0.2, -0.15) is 0 Å². The van der Waals surface area contributed by atoms with E-state index in [9.17, 15) is 9.59 Å². The highest BCUT2D eigenvalue weighted by Gasteiger charge is 2.17. The monoisotopic (exact) mass is 345 g/mol. The van der Waals surface area contributed by atoms with Crippen molar-refractivity contribution in [1.29, 1.82) is 0 Å². The van der Waals surface area contributed by atoms with Gasteiger partial charge in [0.15, 0.2) is 0 Å². The summed E-state index contributed by atoms with van der Waals surface area (Å²) in [5, 5.41) is 10.9. The molecule has 25 heavy (non-hydrogen) atoms. The predicted octanol–water partition coefficient (Wildman–Crippen LogP) is 3.52. The van der Waals surface area contributed by atoms with Gasteiger partial charge < -0.3 is 5.11 Å². The molecule has 1 heterocycles. The third kappa shape index (κ3) is 6.04. The molecule has 0 aromatic carbocycles. The van der Waals surface area contributed by atoms with E-state index in [2.05, 4.69) is 19.6 Å². The minimum absolute atomic E-state index is 0.0320. The molecule has 1 unspecified atom stereocenters. The van der Waals surface area contributed by atoms with Crippen molar-refractivity contribution in [2.24, 2.45) is 5.92 Å². The highest BCUT2D eigenvalue weighted by Crippen LogP contribution is 2.10. The zero-order chi connectivity index (χ0) is 18.8. The van der Waals surface area contributed by atoms with E-state index >= 15 is 0 Å². The second-order valence-electron chi connectivity index (χ2n) is 6.49. The average Bonchev–Trinajstić information content (AvgIpc) is 2.93. The largest absolute Gasteiger partial charge is 0.481 e. The highest BCUT2D eigenvalue weighted by atomic mass is 16.4. The second kappa shape index (κ2) is 10.7. The van der Waals surface area contributed by atoms with E-state index in [1.54, 1.807) is 17.6 Å². The number of aliphatic carboxylic acids is 1. The molecule has 0 aliphatic heterocycles. The fraction of sp³-hybridized carbons (Fsp3) is 0.524. The topological polar surface area (TPSA) is 59.3 Å². The first-order valence-electron chi connectivity index (χ1n) is 9.21. The van der Waals surface area contributed by atoms with E-state index in [0.29, 0.717) is 6.42 Å². The van der Waals surface area contributed by atoms with Crippen LogP contribution in [0.15, 0.2) is 18.7 Å². The van der Waals surface area contributed by atoms with Crippen LogP contribution >= 0.6 is 0 Å². The van der Waals surface area contributed by atoms with Gasteiger partial charge >= 0.3 is 5.97 Å². The van der Waals surface area contributed by atoms with Gasteiger partial charge in [-0.15, -0.1) is 0 Å². The SMILES string of the molecule is C=CC=c1cc(CCCCCC)n(C(=O)CCC(C)C(=O)O)c1=CC. The van der Waals surface area contributed by atoms with Crippen molar-refractivity contribution in [3.05, 3.63) is 35.0 Å². The van der Waals surface area contributed by atoms with Gasteiger partial charge in [0.1, 0.15) is 0 Å². The highest BCUT2D eigenvalue weighted by molar-refractivity contribution is 5.81. The molecule has 138 valence electrons. The summed E-state index contributed by atoms with van der Waals surface area (Å²) in [5.74, 6) is -1.40. The molecule has 0 fully saturated rings. The summed E-state index contributed by atoms with van der Waals surface area (Å²) in [5.41, 5.74) is 1.00. The zero-order valence-electron chi connectivity index (χ0n) is 15.8. The van der Waals surface area contributed by atoms with Crippen molar-refractivity contribution in [2.75, 3.05) is 0 Å². The number of carbonyl (C=O) groups excluding carboxylic acids is 1. The molecule has 1 N–H and O–H groups in total. The van der Waals surface area contributed by atoms with Crippen molar-refractivity contribution in [2.45, 2.75) is 65.7 Å². The predicted molar refractivity (Wildman–Crippen MR) is 103 cm³/mol. The van der Waals surface area contributed by atoms with Crippen LogP contribution in [0.25, 0.3) is 12.2 Å². The maximum Gasteiger partial charge on any atom is 0.306 e. The molecule has 1 aromatic rings. The maximum absolute atomic E-state index is 12.8. The van der Waals surface area contributed by atoms with Crippen LogP contribution < -0.4 is 10.6 Å². The number of nitrogens with zero attached hydrogens (tertiary/aromatic N) is 1. The Hall–Kier alpha value is -2.10. The van der Waals surface area contributed by atoms with E-state index < -0.39 is 11.9 Å². The van der Waals surface area contributed by atoms with Crippen LogP contribution in [0.2, 0.25) is 0 Å². The third-order valence-corrected chi connectivity index (χ3v) is 4.47. The van der Waals surface area contributed by atoms with Crippen molar-refractivity contribution in [3.63, 3.8) is 0 Å². The molecule has 0 radical (unpaired) electrons. The van der Waals surface area contributed by atoms with Gasteiger partial charge in [0.25, 0.3) is 0 Å². The number of hydrogen-bond donors (Lipinski definition) is 1. The van der Waals surface area contributed by atoms with Crippen molar-refractivity contribution < 1.29 is 14.7 Å². The Morgan fingerprint density at radius 3 is 2.60 bits per heavy atom. The van der Waals surface area contributed by atoms with Gasteiger partial charge in [0.05, 0.1) is 11.3 Å². The second-order valence-corrected chi connectivity index (χ2v) is 6.49. The number of rotatable bonds is 10. The number of carbonyl (C=O) groups is 2. The average molecular weight is 345 g/mol. The number of unbranched alkanes of at least 4 members (excludes halogenated alkanes) is 3. The van der Waals surface area contributed by atoms with Crippen molar-refractivity contribution >= 4 is 24.0 Å². The summed E-state index contributed by atoms with van der Waals surface area (Å²) < 4.78 is 1.77. The van der Waals surface area contributed by atoms with Crippen LogP contribution in [0.5, 0.6) is 0 Å². The first-order chi connectivity index (χ1) is 12.0. The Morgan fingerprint density at radius 2 is 2.04 bits per heavy atom. The molecule has 4 heteroatoms. The van der Waals surface area contributed by atoms with E-state index in [1.807, 2.05) is 19.1 Å². The Bertz CT molecular complexity index is 712. The Morgan fingerprint density at radius 1 is 1.32 bits per heavy atom. The number of hydrogen-bond acceptors (Lipinski definition) is 2. The van der Waals surface area contributed by atoms with Crippen molar-refractivity contribution in [1.82, 2.24) is 4.57 Å². The Balaban J connectivity index is 3.11. The smallest absolute Gasteiger partial charge is 0.306 e. The summed E-state index contributed by atoms with van der Waals surface area (Å²) in [4.78, 5) is 23.8. The van der Waals surface area contributed by atoms with E-state index in [4.69, 9.17) is 5.11 Å². The lowest BCUT2D eigenvalue weighted by Crippen LogP contribution is -2.33. The van der Waals surface area contributed by atoms with Gasteiger partial charge in [-0.05, 0) is 37.5 Å². The molecule has 1 rings (SSSR count). The molecule has 1 aromatic heterocycles. The normalized spacial score (nSPS) is 13.9. The number of allylic oxidation sites excluding steroid dienone is 1. The molecular weight excluding hydrogens is 314 g/mol. The lowest BCUT2D eigenvalue weighted by Gasteiger charge is -2.10. The number of aryl methyl sites for hydroxylation is 1. The molecule has 0 amide bonds. The Labute approximate surface area is 150 Å². The quantitative estimate of drug-likeness (QED) is 0.660. The fourth-order valence-electron chi connectivity index (χ4n) is 2.94. The Kier molecular flexibility index (Phi) is 8.96. The summed E-state index contributed by atoms with van der Waals surface area (Å²) in [6.45, 7) is 9.49. The van der Waals surface area contributed by atoms with Gasteiger partial charge in [0.2, 0.25) is 5.91 Å². The van der Waals surface area contributed by atoms with Crippen LogP contribution in [0.3, 0.4) is 0 Å². The molecule has 0 bridgehead atoms. The molecule has 0 saturated heterocycles. The van der Waals surface area contributed by atoms with E-state index in [-0.39, 0.29) is 12.3 Å². The van der Waals surface area contributed by atoms with E-state index in [0.717, 1.165) is 35.5 Å². The molecule has 1 atom stereocenters. The first-order valence-corrected chi connectivity index (χ1v) is 9.21. The van der Waals surface area contributed by atoms with Crippen LogP contribution in [-0.2, 0) is 11.2 Å². The van der Waals surface area contributed by atoms with Crippen LogP contribution in [-0.4, -0.2) is 21.6 Å². The minimum atomic E-state index is -0.858.